The average Bonchev–Trinajstić information content (AvgIpc) is 2.30. The minimum atomic E-state index is -0.692. The minimum absolute atomic E-state index is 0.139. The summed E-state index contributed by atoms with van der Waals surface area (Å²) in [7, 11) is 0. The van der Waals surface area contributed by atoms with Crippen LogP contribution in [0.5, 0.6) is 0 Å². The van der Waals surface area contributed by atoms with E-state index in [1.165, 1.54) is 0 Å². The Bertz CT molecular complexity index is 257. The Morgan fingerprint density at radius 3 is 2.88 bits per heavy atom. The van der Waals surface area contributed by atoms with Crippen LogP contribution in [0.4, 0.5) is 0 Å². The van der Waals surface area contributed by atoms with Gasteiger partial charge >= 0.3 is 0 Å². The average molecular weight is 230 g/mol. The first-order valence-corrected chi connectivity index (χ1v) is 5.74. The van der Waals surface area contributed by atoms with Gasteiger partial charge in [0, 0.05) is 31.0 Å². The lowest BCUT2D eigenvalue weighted by atomic mass is 9.67. The summed E-state index contributed by atoms with van der Waals surface area (Å²) in [6.07, 6.45) is -0.146. The second-order valence-corrected chi connectivity index (χ2v) is 4.45. The maximum atomic E-state index is 11.0. The highest BCUT2D eigenvalue weighted by atomic mass is 16.7. The van der Waals surface area contributed by atoms with Crippen molar-refractivity contribution in [1.82, 2.24) is 0 Å². The number of hydrogen-bond acceptors (Lipinski definition) is 5. The molecule has 6 atom stereocenters. The van der Waals surface area contributed by atoms with Crippen LogP contribution >= 0.6 is 0 Å². The van der Waals surface area contributed by atoms with Crippen LogP contribution < -0.4 is 0 Å². The molecule has 1 saturated carbocycles. The van der Waals surface area contributed by atoms with E-state index in [4.69, 9.17) is 9.47 Å². The van der Waals surface area contributed by atoms with E-state index in [-0.39, 0.29) is 24.4 Å². The van der Waals surface area contributed by atoms with Crippen LogP contribution in [0, 0.1) is 17.8 Å². The summed E-state index contributed by atoms with van der Waals surface area (Å²) in [5, 5.41) is 19.2. The van der Waals surface area contributed by atoms with Gasteiger partial charge in [-0.25, -0.2) is 0 Å². The number of aliphatic hydroxyl groups excluding tert-OH is 2. The molecule has 16 heavy (non-hydrogen) atoms. The first-order chi connectivity index (χ1) is 7.72. The molecule has 0 spiro atoms. The summed E-state index contributed by atoms with van der Waals surface area (Å²) < 4.78 is 11.0. The Kier molecular flexibility index (Phi) is 3.59. The molecule has 3 fully saturated rings. The molecule has 1 aliphatic carbocycles. The third-order valence-corrected chi connectivity index (χ3v) is 3.65. The largest absolute Gasteiger partial charge is 0.396 e. The lowest BCUT2D eigenvalue weighted by Crippen LogP contribution is -2.61. The van der Waals surface area contributed by atoms with Crippen molar-refractivity contribution in [3.63, 3.8) is 0 Å². The van der Waals surface area contributed by atoms with Crippen LogP contribution in [0.15, 0.2) is 0 Å². The van der Waals surface area contributed by atoms with Gasteiger partial charge in [-0.15, -0.1) is 0 Å². The molecular formula is C11H18O5. The number of fused-ring (bicyclic) bond motifs is 3. The van der Waals surface area contributed by atoms with Crippen molar-refractivity contribution >= 4 is 6.29 Å². The second kappa shape index (κ2) is 4.79. The first kappa shape index (κ1) is 12.0. The number of rotatable bonds is 4. The van der Waals surface area contributed by atoms with Crippen molar-refractivity contribution in [3.8, 4) is 0 Å². The molecule has 5 nitrogen and oxygen atoms in total. The number of ether oxygens (including phenoxy) is 2. The quantitative estimate of drug-likeness (QED) is 0.640. The minimum Gasteiger partial charge on any atom is -0.396 e. The molecule has 0 unspecified atom stereocenters. The maximum absolute atomic E-state index is 11.0. The monoisotopic (exact) mass is 230 g/mol. The van der Waals surface area contributed by atoms with Crippen molar-refractivity contribution < 1.29 is 24.5 Å². The molecule has 0 aromatic rings. The van der Waals surface area contributed by atoms with E-state index < -0.39 is 18.5 Å². The Morgan fingerprint density at radius 2 is 2.31 bits per heavy atom. The molecule has 0 aromatic carbocycles. The van der Waals surface area contributed by atoms with Crippen molar-refractivity contribution in [1.29, 1.82) is 0 Å². The predicted octanol–water partition coefficient (Wildman–Crippen LogP) is -0.448. The van der Waals surface area contributed by atoms with Crippen LogP contribution in [-0.4, -0.2) is 48.2 Å². The molecule has 2 saturated heterocycles. The molecule has 92 valence electrons. The molecule has 0 amide bonds. The molecule has 3 rings (SSSR count). The van der Waals surface area contributed by atoms with E-state index in [1.807, 2.05) is 6.92 Å². The van der Waals surface area contributed by atoms with Gasteiger partial charge in [-0.3, -0.25) is 0 Å². The molecule has 0 aromatic heterocycles. The number of aliphatic hydroxyl groups is 2. The van der Waals surface area contributed by atoms with Gasteiger partial charge in [0.05, 0.1) is 12.2 Å². The van der Waals surface area contributed by atoms with Gasteiger partial charge in [0.25, 0.3) is 0 Å². The van der Waals surface area contributed by atoms with E-state index in [0.717, 1.165) is 6.29 Å². The third kappa shape index (κ3) is 1.78. The normalized spacial score (nSPS) is 46.9. The fourth-order valence-electron chi connectivity index (χ4n) is 2.88. The number of carbonyl (C=O) groups excluding carboxylic acids is 1. The summed E-state index contributed by atoms with van der Waals surface area (Å²) in [6.45, 7) is 2.21. The Hall–Kier alpha value is -0.490. The molecule has 2 heterocycles. The Balaban J connectivity index is 2.20. The zero-order chi connectivity index (χ0) is 11.7. The molecule has 5 heteroatoms. The molecule has 3 aliphatic rings. The van der Waals surface area contributed by atoms with Crippen molar-refractivity contribution in [2.75, 3.05) is 13.2 Å². The smallest absolute Gasteiger partial charge is 0.161 e. The topological polar surface area (TPSA) is 76.0 Å². The zero-order valence-electron chi connectivity index (χ0n) is 9.28. The summed E-state index contributed by atoms with van der Waals surface area (Å²) in [5.74, 6) is -0.738. The van der Waals surface area contributed by atoms with E-state index in [2.05, 4.69) is 0 Å². The highest BCUT2D eigenvalue weighted by Crippen LogP contribution is 2.44. The standard InChI is InChI=1S/C11H18O5/c1-2-15-11-9-6(4-12)3-8(16-11)10(14)7(9)5-13/h4,6-11,13-14H,2-3,5H2,1H3/t6-,7-,8+,9-,10-,11-/m0/s1. The highest BCUT2D eigenvalue weighted by Gasteiger charge is 2.54. The van der Waals surface area contributed by atoms with E-state index >= 15 is 0 Å². The van der Waals surface area contributed by atoms with Crippen LogP contribution in [0.2, 0.25) is 0 Å². The molecule has 2 N–H and O–H groups in total. The lowest BCUT2D eigenvalue weighted by Gasteiger charge is -2.51. The molecule has 0 radical (unpaired) electrons. The van der Waals surface area contributed by atoms with Crippen molar-refractivity contribution in [3.05, 3.63) is 0 Å². The van der Waals surface area contributed by atoms with Gasteiger partial charge in [-0.1, -0.05) is 0 Å². The predicted molar refractivity (Wildman–Crippen MR) is 54.5 cm³/mol. The summed E-state index contributed by atoms with van der Waals surface area (Å²) in [4.78, 5) is 11.0. The van der Waals surface area contributed by atoms with E-state index in [1.54, 1.807) is 0 Å². The number of hydrogen-bond donors (Lipinski definition) is 2. The molecule has 2 aliphatic heterocycles. The van der Waals surface area contributed by atoms with E-state index in [0.29, 0.717) is 13.0 Å². The van der Waals surface area contributed by atoms with Crippen molar-refractivity contribution in [2.45, 2.75) is 31.8 Å². The first-order valence-electron chi connectivity index (χ1n) is 5.74. The van der Waals surface area contributed by atoms with Crippen LogP contribution in [0.25, 0.3) is 0 Å². The Morgan fingerprint density at radius 1 is 1.56 bits per heavy atom. The molecular weight excluding hydrogens is 212 g/mol. The fraction of sp³-hybridized carbons (Fsp3) is 0.909. The maximum Gasteiger partial charge on any atom is 0.161 e. The lowest BCUT2D eigenvalue weighted by molar-refractivity contribution is -0.307. The van der Waals surface area contributed by atoms with Crippen molar-refractivity contribution in [2.24, 2.45) is 17.8 Å². The highest BCUT2D eigenvalue weighted by molar-refractivity contribution is 5.55. The third-order valence-electron chi connectivity index (χ3n) is 3.65. The fourth-order valence-corrected chi connectivity index (χ4v) is 2.88. The number of aldehydes is 1. The second-order valence-electron chi connectivity index (χ2n) is 4.45. The van der Waals surface area contributed by atoms with Gasteiger partial charge in [-0.2, -0.15) is 0 Å². The van der Waals surface area contributed by atoms with Crippen LogP contribution in [0.3, 0.4) is 0 Å². The van der Waals surface area contributed by atoms with E-state index in [9.17, 15) is 15.0 Å². The van der Waals surface area contributed by atoms with Crippen LogP contribution in [-0.2, 0) is 14.3 Å². The number of carbonyl (C=O) groups is 1. The SMILES string of the molecule is CCO[C@H]1O[C@@H]2C[C@@H](C=O)[C@H]1[C@H](CO)[C@@H]2O. The summed E-state index contributed by atoms with van der Waals surface area (Å²) >= 11 is 0. The van der Waals surface area contributed by atoms with Gasteiger partial charge < -0.3 is 24.5 Å². The van der Waals surface area contributed by atoms with Gasteiger partial charge in [0.2, 0.25) is 0 Å². The Labute approximate surface area is 94.4 Å². The zero-order valence-corrected chi connectivity index (χ0v) is 9.28. The summed E-state index contributed by atoms with van der Waals surface area (Å²) in [5.41, 5.74) is 0. The van der Waals surface area contributed by atoms with Gasteiger partial charge in [-0.05, 0) is 13.3 Å². The van der Waals surface area contributed by atoms with Gasteiger partial charge in [0.1, 0.15) is 6.29 Å². The van der Waals surface area contributed by atoms with Crippen LogP contribution in [0.1, 0.15) is 13.3 Å². The van der Waals surface area contributed by atoms with Gasteiger partial charge in [0.15, 0.2) is 6.29 Å². The molecule has 2 bridgehead atoms. The summed E-state index contributed by atoms with van der Waals surface area (Å²) in [6, 6.07) is 0.